The standard InChI is InChI=1S/C19H13F3O3/c20-19(21,22)25-18-8-4-3-7-17(18)24-16-6-2-1-5-15(16)13-9-11-14(23)12-10-13/h1-12,23H. The Morgan fingerprint density at radius 1 is 0.680 bits per heavy atom. The molecule has 0 saturated heterocycles. The minimum absolute atomic E-state index is 0.0500. The molecular formula is C19H13F3O3. The van der Waals surface area contributed by atoms with Crippen LogP contribution in [0.25, 0.3) is 11.1 Å². The van der Waals surface area contributed by atoms with Crippen molar-refractivity contribution < 1.29 is 27.8 Å². The fourth-order valence-corrected chi connectivity index (χ4v) is 2.30. The molecule has 1 N–H and O–H groups in total. The summed E-state index contributed by atoms with van der Waals surface area (Å²) >= 11 is 0. The molecule has 0 atom stereocenters. The van der Waals surface area contributed by atoms with Crippen molar-refractivity contribution >= 4 is 0 Å². The number of phenolic OH excluding ortho intramolecular Hbond substituents is 1. The van der Waals surface area contributed by atoms with Crippen molar-refractivity contribution in [2.75, 3.05) is 0 Å². The van der Waals surface area contributed by atoms with Crippen LogP contribution in [0.5, 0.6) is 23.0 Å². The topological polar surface area (TPSA) is 38.7 Å². The number of rotatable bonds is 4. The van der Waals surface area contributed by atoms with Crippen LogP contribution in [0.1, 0.15) is 0 Å². The molecule has 0 spiro atoms. The van der Waals surface area contributed by atoms with Gasteiger partial charge in [0.05, 0.1) is 0 Å². The first-order chi connectivity index (χ1) is 11.9. The van der Waals surface area contributed by atoms with Gasteiger partial charge in [-0.3, -0.25) is 0 Å². The van der Waals surface area contributed by atoms with Gasteiger partial charge in [0.2, 0.25) is 0 Å². The highest BCUT2D eigenvalue weighted by atomic mass is 19.4. The molecule has 0 aliphatic heterocycles. The van der Waals surface area contributed by atoms with E-state index in [1.165, 1.54) is 30.3 Å². The van der Waals surface area contributed by atoms with Crippen molar-refractivity contribution in [2.24, 2.45) is 0 Å². The molecule has 3 aromatic rings. The summed E-state index contributed by atoms with van der Waals surface area (Å²) in [6.07, 6.45) is -4.81. The van der Waals surface area contributed by atoms with Gasteiger partial charge < -0.3 is 14.6 Å². The number of para-hydroxylation sites is 3. The van der Waals surface area contributed by atoms with Gasteiger partial charge in [0.1, 0.15) is 11.5 Å². The van der Waals surface area contributed by atoms with Crippen LogP contribution >= 0.6 is 0 Å². The predicted molar refractivity (Wildman–Crippen MR) is 86.7 cm³/mol. The number of hydrogen-bond acceptors (Lipinski definition) is 3. The van der Waals surface area contributed by atoms with E-state index >= 15 is 0 Å². The Bertz CT molecular complexity index is 858. The number of phenols is 1. The van der Waals surface area contributed by atoms with Crippen molar-refractivity contribution in [1.82, 2.24) is 0 Å². The molecule has 0 amide bonds. The monoisotopic (exact) mass is 346 g/mol. The molecule has 25 heavy (non-hydrogen) atoms. The largest absolute Gasteiger partial charge is 0.573 e. The average molecular weight is 346 g/mol. The summed E-state index contributed by atoms with van der Waals surface area (Å²) in [5.41, 5.74) is 1.42. The number of benzene rings is 3. The normalized spacial score (nSPS) is 11.2. The van der Waals surface area contributed by atoms with Gasteiger partial charge in [0, 0.05) is 5.56 Å². The van der Waals surface area contributed by atoms with Crippen molar-refractivity contribution in [3.05, 3.63) is 72.8 Å². The van der Waals surface area contributed by atoms with E-state index in [4.69, 9.17) is 4.74 Å². The number of ether oxygens (including phenoxy) is 2. The summed E-state index contributed by atoms with van der Waals surface area (Å²) in [5.74, 6) is 0.0130. The molecule has 0 unspecified atom stereocenters. The molecule has 3 aromatic carbocycles. The third-order valence-corrected chi connectivity index (χ3v) is 3.36. The molecule has 0 heterocycles. The fourth-order valence-electron chi connectivity index (χ4n) is 2.30. The lowest BCUT2D eigenvalue weighted by atomic mass is 10.0. The second kappa shape index (κ2) is 6.76. The van der Waals surface area contributed by atoms with E-state index in [0.717, 1.165) is 5.56 Å². The van der Waals surface area contributed by atoms with E-state index in [2.05, 4.69) is 4.74 Å². The maximum absolute atomic E-state index is 12.5. The predicted octanol–water partition coefficient (Wildman–Crippen LogP) is 5.75. The summed E-state index contributed by atoms with van der Waals surface area (Å²) in [6.45, 7) is 0. The summed E-state index contributed by atoms with van der Waals surface area (Å²) in [6, 6.07) is 18.9. The van der Waals surface area contributed by atoms with Crippen LogP contribution in [0, 0.1) is 0 Å². The van der Waals surface area contributed by atoms with Crippen LogP contribution in [-0.2, 0) is 0 Å². The van der Waals surface area contributed by atoms with E-state index in [-0.39, 0.29) is 11.5 Å². The van der Waals surface area contributed by atoms with E-state index in [1.807, 2.05) is 0 Å². The first kappa shape index (κ1) is 16.7. The van der Waals surface area contributed by atoms with Gasteiger partial charge in [-0.2, -0.15) is 0 Å². The molecule has 0 aliphatic carbocycles. The van der Waals surface area contributed by atoms with E-state index in [0.29, 0.717) is 11.3 Å². The van der Waals surface area contributed by atoms with Crippen LogP contribution in [0.15, 0.2) is 72.8 Å². The highest BCUT2D eigenvalue weighted by Gasteiger charge is 2.32. The molecule has 3 rings (SSSR count). The van der Waals surface area contributed by atoms with E-state index in [1.54, 1.807) is 42.5 Å². The summed E-state index contributed by atoms with van der Waals surface area (Å²) in [5, 5.41) is 9.40. The first-order valence-corrected chi connectivity index (χ1v) is 7.33. The Labute approximate surface area is 141 Å². The smallest absolute Gasteiger partial charge is 0.508 e. The van der Waals surface area contributed by atoms with Crippen molar-refractivity contribution in [3.63, 3.8) is 0 Å². The van der Waals surface area contributed by atoms with Gasteiger partial charge in [-0.15, -0.1) is 13.2 Å². The molecule has 0 aromatic heterocycles. The third kappa shape index (κ3) is 4.23. The van der Waals surface area contributed by atoms with E-state index < -0.39 is 12.1 Å². The zero-order valence-corrected chi connectivity index (χ0v) is 12.8. The Morgan fingerprint density at radius 2 is 1.24 bits per heavy atom. The van der Waals surface area contributed by atoms with Gasteiger partial charge in [0.15, 0.2) is 11.5 Å². The maximum atomic E-state index is 12.5. The van der Waals surface area contributed by atoms with Crippen LogP contribution in [0.4, 0.5) is 13.2 Å². The van der Waals surface area contributed by atoms with Gasteiger partial charge in [-0.25, -0.2) is 0 Å². The molecule has 128 valence electrons. The molecular weight excluding hydrogens is 333 g/mol. The van der Waals surface area contributed by atoms with Crippen LogP contribution < -0.4 is 9.47 Å². The number of alkyl halides is 3. The highest BCUT2D eigenvalue weighted by molar-refractivity contribution is 5.71. The SMILES string of the molecule is Oc1ccc(-c2ccccc2Oc2ccccc2OC(F)(F)F)cc1. The molecule has 0 radical (unpaired) electrons. The van der Waals surface area contributed by atoms with Crippen LogP contribution in [-0.4, -0.2) is 11.5 Å². The van der Waals surface area contributed by atoms with E-state index in [9.17, 15) is 18.3 Å². The number of aromatic hydroxyl groups is 1. The zero-order chi connectivity index (χ0) is 17.9. The van der Waals surface area contributed by atoms with Gasteiger partial charge >= 0.3 is 6.36 Å². The van der Waals surface area contributed by atoms with Crippen molar-refractivity contribution in [3.8, 4) is 34.1 Å². The number of halogens is 3. The van der Waals surface area contributed by atoms with Gasteiger partial charge in [-0.1, -0.05) is 42.5 Å². The van der Waals surface area contributed by atoms with Gasteiger partial charge in [-0.05, 0) is 35.9 Å². The lowest BCUT2D eigenvalue weighted by molar-refractivity contribution is -0.275. The molecule has 0 bridgehead atoms. The highest BCUT2D eigenvalue weighted by Crippen LogP contribution is 2.38. The first-order valence-electron chi connectivity index (χ1n) is 7.33. The third-order valence-electron chi connectivity index (χ3n) is 3.36. The second-order valence-corrected chi connectivity index (χ2v) is 5.14. The average Bonchev–Trinajstić information content (AvgIpc) is 2.57. The fraction of sp³-hybridized carbons (Fsp3) is 0.0526. The Morgan fingerprint density at radius 3 is 1.88 bits per heavy atom. The summed E-state index contributed by atoms with van der Waals surface area (Å²) in [4.78, 5) is 0. The Hall–Kier alpha value is -3.15. The van der Waals surface area contributed by atoms with Crippen LogP contribution in [0.3, 0.4) is 0 Å². The minimum atomic E-state index is -4.81. The lowest BCUT2D eigenvalue weighted by Gasteiger charge is -2.15. The Balaban J connectivity index is 1.96. The molecule has 6 heteroatoms. The minimum Gasteiger partial charge on any atom is -0.508 e. The second-order valence-electron chi connectivity index (χ2n) is 5.14. The Kier molecular flexibility index (Phi) is 4.52. The summed E-state index contributed by atoms with van der Waals surface area (Å²) < 4.78 is 47.3. The quantitative estimate of drug-likeness (QED) is 0.654. The molecule has 0 aliphatic rings. The molecule has 3 nitrogen and oxygen atoms in total. The number of hydrogen-bond donors (Lipinski definition) is 1. The zero-order valence-electron chi connectivity index (χ0n) is 12.8. The van der Waals surface area contributed by atoms with Crippen molar-refractivity contribution in [2.45, 2.75) is 6.36 Å². The van der Waals surface area contributed by atoms with Crippen molar-refractivity contribution in [1.29, 1.82) is 0 Å². The van der Waals surface area contributed by atoms with Crippen LogP contribution in [0.2, 0.25) is 0 Å². The molecule has 0 fully saturated rings. The van der Waals surface area contributed by atoms with Gasteiger partial charge in [0.25, 0.3) is 0 Å². The molecule has 0 saturated carbocycles. The lowest BCUT2D eigenvalue weighted by Crippen LogP contribution is -2.17. The maximum Gasteiger partial charge on any atom is 0.573 e. The summed E-state index contributed by atoms with van der Waals surface area (Å²) in [7, 11) is 0.